The molecule has 0 amide bonds. The summed E-state index contributed by atoms with van der Waals surface area (Å²) in [5, 5.41) is 8.50. The van der Waals surface area contributed by atoms with E-state index in [-0.39, 0.29) is 12.0 Å². The van der Waals surface area contributed by atoms with E-state index in [1.807, 2.05) is 45.0 Å². The molecule has 3 rings (SSSR count). The van der Waals surface area contributed by atoms with E-state index in [0.29, 0.717) is 23.3 Å². The van der Waals surface area contributed by atoms with Gasteiger partial charge in [-0.3, -0.25) is 0 Å². The van der Waals surface area contributed by atoms with Crippen molar-refractivity contribution in [1.29, 1.82) is 0 Å². The number of hydrogen-bond donors (Lipinski definition) is 1. The molecular formula is C18H22N4O2S. The zero-order chi connectivity index (χ0) is 18.0. The standard InChI is InChI=1S/C18H22N4O2S/c1-5-24-16(23)14-12(4)19-17-20-18(25-6-2)21-22(17)15(14)13-9-7-11(3)8-10-13/h7-10,15H,5-6H2,1-4H3,(H,19,20,21)/t15-/m1/s1. The summed E-state index contributed by atoms with van der Waals surface area (Å²) in [7, 11) is 0. The number of esters is 1. The molecule has 25 heavy (non-hydrogen) atoms. The number of aromatic nitrogens is 3. The number of carbonyl (C=O) groups excluding carboxylic acids is 1. The van der Waals surface area contributed by atoms with Crippen molar-refractivity contribution in [3.63, 3.8) is 0 Å². The number of anilines is 1. The van der Waals surface area contributed by atoms with Gasteiger partial charge in [0.2, 0.25) is 11.1 Å². The molecule has 1 aliphatic heterocycles. The van der Waals surface area contributed by atoms with Gasteiger partial charge in [0, 0.05) is 5.70 Å². The number of benzene rings is 1. The lowest BCUT2D eigenvalue weighted by Crippen LogP contribution is -2.29. The summed E-state index contributed by atoms with van der Waals surface area (Å²) < 4.78 is 7.07. The molecule has 2 aromatic rings. The van der Waals surface area contributed by atoms with E-state index < -0.39 is 0 Å². The number of hydrogen-bond acceptors (Lipinski definition) is 6. The van der Waals surface area contributed by atoms with Gasteiger partial charge in [0.1, 0.15) is 6.04 Å². The van der Waals surface area contributed by atoms with E-state index in [9.17, 15) is 4.79 Å². The fourth-order valence-corrected chi connectivity index (χ4v) is 3.41. The molecule has 1 aromatic heterocycles. The lowest BCUT2D eigenvalue weighted by molar-refractivity contribution is -0.139. The average molecular weight is 358 g/mol. The van der Waals surface area contributed by atoms with Gasteiger partial charge in [-0.25, -0.2) is 9.48 Å². The molecule has 6 nitrogen and oxygen atoms in total. The highest BCUT2D eigenvalue weighted by molar-refractivity contribution is 7.99. The van der Waals surface area contributed by atoms with Gasteiger partial charge in [-0.05, 0) is 32.1 Å². The summed E-state index contributed by atoms with van der Waals surface area (Å²) in [5.74, 6) is 1.20. The van der Waals surface area contributed by atoms with E-state index in [4.69, 9.17) is 4.74 Å². The maximum absolute atomic E-state index is 12.6. The molecule has 1 atom stereocenters. The SMILES string of the molecule is CCOC(=O)C1=C(C)Nc2nc(SCC)nn2[C@@H]1c1ccc(C)cc1. The Bertz CT molecular complexity index is 811. The quantitative estimate of drug-likeness (QED) is 0.651. The highest BCUT2D eigenvalue weighted by atomic mass is 32.2. The number of allylic oxidation sites excluding steroid dienone is 1. The Morgan fingerprint density at radius 1 is 1.28 bits per heavy atom. The zero-order valence-corrected chi connectivity index (χ0v) is 15.7. The van der Waals surface area contributed by atoms with Crippen molar-refractivity contribution in [2.24, 2.45) is 0 Å². The van der Waals surface area contributed by atoms with Crippen molar-refractivity contribution in [1.82, 2.24) is 14.8 Å². The van der Waals surface area contributed by atoms with Gasteiger partial charge in [-0.1, -0.05) is 48.5 Å². The first-order valence-electron chi connectivity index (χ1n) is 8.36. The molecule has 7 heteroatoms. The largest absolute Gasteiger partial charge is 0.463 e. The number of ether oxygens (including phenoxy) is 1. The van der Waals surface area contributed by atoms with Crippen LogP contribution in [-0.2, 0) is 9.53 Å². The minimum absolute atomic E-state index is 0.330. The molecule has 0 unspecified atom stereocenters. The van der Waals surface area contributed by atoms with Crippen molar-refractivity contribution < 1.29 is 9.53 Å². The molecule has 0 fully saturated rings. The fourth-order valence-electron chi connectivity index (χ4n) is 2.85. The van der Waals surface area contributed by atoms with Crippen molar-refractivity contribution in [2.75, 3.05) is 17.7 Å². The molecule has 0 saturated heterocycles. The summed E-state index contributed by atoms with van der Waals surface area (Å²) in [5.41, 5.74) is 3.46. The molecule has 0 saturated carbocycles. The van der Waals surface area contributed by atoms with Crippen molar-refractivity contribution in [3.05, 3.63) is 46.7 Å². The molecule has 0 aliphatic carbocycles. The van der Waals surface area contributed by atoms with Gasteiger partial charge in [0.15, 0.2) is 0 Å². The molecule has 0 bridgehead atoms. The molecular weight excluding hydrogens is 336 g/mol. The average Bonchev–Trinajstić information content (AvgIpc) is 2.97. The molecule has 132 valence electrons. The second-order valence-electron chi connectivity index (χ2n) is 5.79. The summed E-state index contributed by atoms with van der Waals surface area (Å²) in [6.07, 6.45) is 0. The number of nitrogens with zero attached hydrogens (tertiary/aromatic N) is 3. The maximum atomic E-state index is 12.6. The lowest BCUT2D eigenvalue weighted by atomic mass is 9.95. The van der Waals surface area contributed by atoms with Crippen LogP contribution < -0.4 is 5.32 Å². The van der Waals surface area contributed by atoms with Gasteiger partial charge in [0.25, 0.3) is 0 Å². The maximum Gasteiger partial charge on any atom is 0.338 e. The first-order valence-corrected chi connectivity index (χ1v) is 9.34. The topological polar surface area (TPSA) is 69.0 Å². The van der Waals surface area contributed by atoms with Crippen LogP contribution in [0.1, 0.15) is 37.9 Å². The highest BCUT2D eigenvalue weighted by Gasteiger charge is 2.35. The smallest absolute Gasteiger partial charge is 0.338 e. The van der Waals surface area contributed by atoms with Crippen LogP contribution in [-0.4, -0.2) is 33.1 Å². The highest BCUT2D eigenvalue weighted by Crippen LogP contribution is 2.36. The van der Waals surface area contributed by atoms with Crippen molar-refractivity contribution >= 4 is 23.7 Å². The predicted molar refractivity (Wildman–Crippen MR) is 98.7 cm³/mol. The van der Waals surface area contributed by atoms with Crippen LogP contribution in [0.15, 0.2) is 40.7 Å². The Morgan fingerprint density at radius 2 is 2.00 bits per heavy atom. The van der Waals surface area contributed by atoms with E-state index in [1.165, 1.54) is 0 Å². The van der Waals surface area contributed by atoms with Crippen LogP contribution in [0.4, 0.5) is 5.95 Å². The summed E-state index contributed by atoms with van der Waals surface area (Å²) in [6.45, 7) is 8.11. The minimum Gasteiger partial charge on any atom is -0.463 e. The van der Waals surface area contributed by atoms with Gasteiger partial charge in [0.05, 0.1) is 12.2 Å². The second kappa shape index (κ2) is 7.31. The van der Waals surface area contributed by atoms with Crippen LogP contribution in [0.5, 0.6) is 0 Å². The predicted octanol–water partition coefficient (Wildman–Crippen LogP) is 3.55. The number of rotatable bonds is 5. The van der Waals surface area contributed by atoms with Crippen LogP contribution in [0.25, 0.3) is 0 Å². The molecule has 1 aromatic carbocycles. The van der Waals surface area contributed by atoms with Gasteiger partial charge in [-0.15, -0.1) is 5.10 Å². The summed E-state index contributed by atoms with van der Waals surface area (Å²) in [6, 6.07) is 7.77. The molecule has 0 spiro atoms. The second-order valence-corrected chi connectivity index (χ2v) is 7.02. The van der Waals surface area contributed by atoms with Crippen molar-refractivity contribution in [2.45, 2.75) is 38.9 Å². The Kier molecular flexibility index (Phi) is 5.13. The third-order valence-corrected chi connectivity index (χ3v) is 4.71. The number of fused-ring (bicyclic) bond motifs is 1. The number of thioether (sulfide) groups is 1. The van der Waals surface area contributed by atoms with E-state index >= 15 is 0 Å². The van der Waals surface area contributed by atoms with E-state index in [1.54, 1.807) is 16.4 Å². The van der Waals surface area contributed by atoms with Gasteiger partial charge in [-0.2, -0.15) is 4.98 Å². The monoisotopic (exact) mass is 358 g/mol. The van der Waals surface area contributed by atoms with Crippen LogP contribution in [0, 0.1) is 6.92 Å². The Hall–Kier alpha value is -2.28. The first-order chi connectivity index (χ1) is 12.0. The normalized spacial score (nSPS) is 16.4. The van der Waals surface area contributed by atoms with Crippen LogP contribution >= 0.6 is 11.8 Å². The molecule has 1 N–H and O–H groups in total. The Labute approximate surface area is 151 Å². The third-order valence-electron chi connectivity index (χ3n) is 4.00. The fraction of sp³-hybridized carbons (Fsp3) is 0.389. The zero-order valence-electron chi connectivity index (χ0n) is 14.9. The first kappa shape index (κ1) is 17.5. The van der Waals surface area contributed by atoms with E-state index in [2.05, 4.69) is 22.3 Å². The van der Waals surface area contributed by atoms with Crippen LogP contribution in [0.3, 0.4) is 0 Å². The summed E-state index contributed by atoms with van der Waals surface area (Å²) in [4.78, 5) is 17.2. The Morgan fingerprint density at radius 3 is 2.64 bits per heavy atom. The molecule has 1 aliphatic rings. The summed E-state index contributed by atoms with van der Waals surface area (Å²) >= 11 is 1.57. The Balaban J connectivity index is 2.12. The third kappa shape index (κ3) is 3.42. The molecule has 0 radical (unpaired) electrons. The number of aryl methyl sites for hydroxylation is 1. The minimum atomic E-state index is -0.352. The molecule has 2 heterocycles. The lowest BCUT2D eigenvalue weighted by Gasteiger charge is -2.28. The van der Waals surface area contributed by atoms with Gasteiger partial charge < -0.3 is 10.1 Å². The van der Waals surface area contributed by atoms with E-state index in [0.717, 1.165) is 22.6 Å². The van der Waals surface area contributed by atoms with Crippen molar-refractivity contribution in [3.8, 4) is 0 Å². The number of nitrogens with one attached hydrogen (secondary N) is 1. The van der Waals surface area contributed by atoms with Crippen LogP contribution in [0.2, 0.25) is 0 Å². The number of carbonyl (C=O) groups is 1. The van der Waals surface area contributed by atoms with Gasteiger partial charge >= 0.3 is 5.97 Å².